The van der Waals surface area contributed by atoms with Crippen LogP contribution in [0.2, 0.25) is 0 Å². The second-order valence-corrected chi connectivity index (χ2v) is 5.66. The molecule has 0 aromatic heterocycles. The smallest absolute Gasteiger partial charge is 0.123 e. The van der Waals surface area contributed by atoms with E-state index in [0.717, 1.165) is 17.7 Å². The van der Waals surface area contributed by atoms with E-state index in [4.69, 9.17) is 10.5 Å². The van der Waals surface area contributed by atoms with Crippen molar-refractivity contribution in [3.63, 3.8) is 0 Å². The highest BCUT2D eigenvalue weighted by Crippen LogP contribution is 2.23. The summed E-state index contributed by atoms with van der Waals surface area (Å²) >= 11 is 0. The third kappa shape index (κ3) is 5.91. The van der Waals surface area contributed by atoms with E-state index in [0.29, 0.717) is 18.9 Å². The summed E-state index contributed by atoms with van der Waals surface area (Å²) in [6.45, 7) is 7.02. The summed E-state index contributed by atoms with van der Waals surface area (Å²) in [5.41, 5.74) is 6.68. The Morgan fingerprint density at radius 3 is 2.65 bits per heavy atom. The zero-order valence-corrected chi connectivity index (χ0v) is 13.0. The minimum Gasteiger partial charge on any atom is -0.493 e. The average Bonchev–Trinajstić information content (AvgIpc) is 2.40. The van der Waals surface area contributed by atoms with E-state index in [1.54, 1.807) is 6.07 Å². The highest BCUT2D eigenvalue weighted by molar-refractivity contribution is 5.34. The molecule has 0 aliphatic heterocycles. The first-order valence-electron chi connectivity index (χ1n) is 7.73. The number of rotatable bonds is 9. The van der Waals surface area contributed by atoms with Crippen LogP contribution in [0.4, 0.5) is 4.39 Å². The second kappa shape index (κ2) is 8.96. The van der Waals surface area contributed by atoms with Crippen LogP contribution >= 0.6 is 0 Å². The van der Waals surface area contributed by atoms with Crippen molar-refractivity contribution in [3.05, 3.63) is 29.6 Å². The minimum absolute atomic E-state index is 0.00112. The van der Waals surface area contributed by atoms with Crippen LogP contribution < -0.4 is 10.5 Å². The lowest BCUT2D eigenvalue weighted by Gasteiger charge is -2.18. The molecule has 0 radical (unpaired) electrons. The predicted molar refractivity (Wildman–Crippen MR) is 82.6 cm³/mol. The molecule has 0 aliphatic carbocycles. The third-order valence-corrected chi connectivity index (χ3v) is 3.58. The van der Waals surface area contributed by atoms with Crippen molar-refractivity contribution in [3.8, 4) is 5.75 Å². The molecule has 3 heteroatoms. The summed E-state index contributed by atoms with van der Waals surface area (Å²) in [6.07, 6.45) is 5.39. The van der Waals surface area contributed by atoms with Gasteiger partial charge in [-0.15, -0.1) is 0 Å². The Kier molecular flexibility index (Phi) is 7.60. The van der Waals surface area contributed by atoms with Gasteiger partial charge in [0.15, 0.2) is 0 Å². The fourth-order valence-corrected chi connectivity index (χ4v) is 2.30. The average molecular weight is 281 g/mol. The zero-order chi connectivity index (χ0) is 15.0. The fourth-order valence-electron chi connectivity index (χ4n) is 2.30. The molecule has 0 saturated carbocycles. The number of nitrogens with two attached hydrogens (primary N) is 1. The Morgan fingerprint density at radius 1 is 1.30 bits per heavy atom. The van der Waals surface area contributed by atoms with Crippen molar-refractivity contribution in [1.29, 1.82) is 0 Å². The van der Waals surface area contributed by atoms with Crippen LogP contribution in [0.1, 0.15) is 52.0 Å². The molecular weight excluding hydrogens is 253 g/mol. The Morgan fingerprint density at radius 2 is 2.05 bits per heavy atom. The zero-order valence-electron chi connectivity index (χ0n) is 13.0. The Hall–Kier alpha value is -1.09. The molecule has 0 bridgehead atoms. The number of halogens is 1. The van der Waals surface area contributed by atoms with E-state index in [1.807, 2.05) is 6.92 Å². The van der Waals surface area contributed by atoms with E-state index in [9.17, 15) is 4.39 Å². The Balaban J connectivity index is 2.65. The van der Waals surface area contributed by atoms with Crippen LogP contribution in [0.15, 0.2) is 18.2 Å². The molecule has 0 spiro atoms. The molecule has 2 nitrogen and oxygen atoms in total. The molecule has 0 fully saturated rings. The first-order chi connectivity index (χ1) is 9.56. The van der Waals surface area contributed by atoms with Crippen molar-refractivity contribution < 1.29 is 9.13 Å². The summed E-state index contributed by atoms with van der Waals surface area (Å²) in [5.74, 6) is 1.12. The molecular formula is C17H28FNO. The number of unbranched alkanes of at least 4 members (excludes halogenated alkanes) is 1. The third-order valence-electron chi connectivity index (χ3n) is 3.58. The summed E-state index contributed by atoms with van der Waals surface area (Å²) in [7, 11) is 0. The Labute approximate surface area is 122 Å². The molecule has 0 amide bonds. The van der Waals surface area contributed by atoms with Crippen molar-refractivity contribution in [2.45, 2.75) is 58.9 Å². The molecule has 1 aromatic rings. The molecule has 1 aromatic carbocycles. The highest BCUT2D eigenvalue weighted by Gasteiger charge is 2.11. The lowest BCUT2D eigenvalue weighted by atomic mass is 10.0. The second-order valence-electron chi connectivity index (χ2n) is 5.66. The van der Waals surface area contributed by atoms with Gasteiger partial charge in [-0.3, -0.25) is 0 Å². The monoisotopic (exact) mass is 281 g/mol. The summed E-state index contributed by atoms with van der Waals surface area (Å²) in [4.78, 5) is 0. The van der Waals surface area contributed by atoms with E-state index >= 15 is 0 Å². The largest absolute Gasteiger partial charge is 0.493 e. The fraction of sp³-hybridized carbons (Fsp3) is 0.647. The molecule has 20 heavy (non-hydrogen) atoms. The molecule has 2 atom stereocenters. The van der Waals surface area contributed by atoms with E-state index in [-0.39, 0.29) is 11.9 Å². The van der Waals surface area contributed by atoms with E-state index in [1.165, 1.54) is 31.4 Å². The van der Waals surface area contributed by atoms with Gasteiger partial charge in [0.2, 0.25) is 0 Å². The van der Waals surface area contributed by atoms with Gasteiger partial charge in [0.1, 0.15) is 11.6 Å². The van der Waals surface area contributed by atoms with Gasteiger partial charge in [-0.05, 0) is 49.4 Å². The van der Waals surface area contributed by atoms with Crippen molar-refractivity contribution in [2.24, 2.45) is 11.7 Å². The number of hydrogen-bond acceptors (Lipinski definition) is 2. The van der Waals surface area contributed by atoms with Gasteiger partial charge >= 0.3 is 0 Å². The number of benzene rings is 1. The van der Waals surface area contributed by atoms with Gasteiger partial charge in [-0.1, -0.05) is 33.1 Å². The lowest BCUT2D eigenvalue weighted by Crippen LogP contribution is -2.19. The topological polar surface area (TPSA) is 35.2 Å². The molecule has 1 rings (SSSR count). The van der Waals surface area contributed by atoms with Crippen molar-refractivity contribution in [1.82, 2.24) is 0 Å². The summed E-state index contributed by atoms with van der Waals surface area (Å²) < 4.78 is 19.3. The van der Waals surface area contributed by atoms with Crippen molar-refractivity contribution >= 4 is 0 Å². The normalized spacial score (nSPS) is 14.1. The van der Waals surface area contributed by atoms with Crippen LogP contribution in [0, 0.1) is 11.7 Å². The van der Waals surface area contributed by atoms with Gasteiger partial charge in [0.25, 0.3) is 0 Å². The van der Waals surface area contributed by atoms with Crippen LogP contribution in [0.3, 0.4) is 0 Å². The standard InChI is InChI=1S/C17H28FNO/c1-4-6-7-14(5-2)12-20-17-9-8-16(18)11-15(17)10-13(3)19/h8-9,11,13-14H,4-7,10,12,19H2,1-3H3. The predicted octanol–water partition coefficient (Wildman–Crippen LogP) is 4.31. The first kappa shape index (κ1) is 17.0. The molecule has 0 saturated heterocycles. The highest BCUT2D eigenvalue weighted by atomic mass is 19.1. The molecule has 2 N–H and O–H groups in total. The van der Waals surface area contributed by atoms with Gasteiger partial charge in [0.05, 0.1) is 6.61 Å². The SMILES string of the molecule is CCCCC(CC)COc1ccc(F)cc1CC(C)N. The van der Waals surface area contributed by atoms with Crippen LogP contribution in [-0.4, -0.2) is 12.6 Å². The summed E-state index contributed by atoms with van der Waals surface area (Å²) in [5, 5.41) is 0. The maximum atomic E-state index is 13.3. The quantitative estimate of drug-likeness (QED) is 0.732. The maximum absolute atomic E-state index is 13.3. The van der Waals surface area contributed by atoms with Crippen molar-refractivity contribution in [2.75, 3.05) is 6.61 Å². The molecule has 0 aliphatic rings. The number of hydrogen-bond donors (Lipinski definition) is 1. The Bertz CT molecular complexity index is 393. The van der Waals surface area contributed by atoms with Crippen LogP contribution in [-0.2, 0) is 6.42 Å². The first-order valence-corrected chi connectivity index (χ1v) is 7.73. The van der Waals surface area contributed by atoms with Gasteiger partial charge in [-0.2, -0.15) is 0 Å². The maximum Gasteiger partial charge on any atom is 0.123 e. The van der Waals surface area contributed by atoms with Gasteiger partial charge in [-0.25, -0.2) is 4.39 Å². The van der Waals surface area contributed by atoms with Crippen LogP contribution in [0.25, 0.3) is 0 Å². The molecule has 0 heterocycles. The molecule has 2 unspecified atom stereocenters. The van der Waals surface area contributed by atoms with E-state index in [2.05, 4.69) is 13.8 Å². The lowest BCUT2D eigenvalue weighted by molar-refractivity contribution is 0.231. The van der Waals surface area contributed by atoms with Crippen LogP contribution in [0.5, 0.6) is 5.75 Å². The minimum atomic E-state index is -0.231. The molecule has 114 valence electrons. The van der Waals surface area contributed by atoms with Gasteiger partial charge in [0, 0.05) is 6.04 Å². The van der Waals surface area contributed by atoms with Gasteiger partial charge < -0.3 is 10.5 Å². The van der Waals surface area contributed by atoms with E-state index < -0.39 is 0 Å². The summed E-state index contributed by atoms with van der Waals surface area (Å²) in [6, 6.07) is 4.71. The number of ether oxygens (including phenoxy) is 1.